The molecule has 37 heavy (non-hydrogen) atoms. The third kappa shape index (κ3) is 10.9. The number of carboxylic acids is 1. The Morgan fingerprint density at radius 3 is 2.24 bits per heavy atom. The summed E-state index contributed by atoms with van der Waals surface area (Å²) in [5.41, 5.74) is 4.74. The van der Waals surface area contributed by atoms with Crippen LogP contribution >= 0.6 is 18.5 Å². The summed E-state index contributed by atoms with van der Waals surface area (Å²) >= 11 is 0. The summed E-state index contributed by atoms with van der Waals surface area (Å²) in [6.07, 6.45) is 9.51. The molecule has 0 spiro atoms. The number of nitrogens with one attached hydrogen (secondary N) is 1. The average molecular weight is 548 g/mol. The molecule has 0 saturated carbocycles. The van der Waals surface area contributed by atoms with Crippen molar-refractivity contribution in [3.05, 3.63) is 83.0 Å². The number of allylic oxidation sites excluding steroid dienone is 4. The summed E-state index contributed by atoms with van der Waals surface area (Å²) in [6.45, 7) is 17.7. The topological polar surface area (TPSA) is 64.9 Å². The van der Waals surface area contributed by atoms with Crippen LogP contribution in [0.15, 0.2) is 76.9 Å². The molecule has 0 aromatic heterocycles. The number of hydrogen-bond donors (Lipinski definition) is 2. The molecule has 2 heterocycles. The fourth-order valence-corrected chi connectivity index (χ4v) is 4.20. The summed E-state index contributed by atoms with van der Waals surface area (Å²) in [5, 5.41) is 10.3. The van der Waals surface area contributed by atoms with E-state index in [-0.39, 0.29) is 5.92 Å². The van der Waals surface area contributed by atoms with Gasteiger partial charge in [0.05, 0.1) is 5.56 Å². The lowest BCUT2D eigenvalue weighted by molar-refractivity contribution is 0.0696. The van der Waals surface area contributed by atoms with Crippen molar-refractivity contribution >= 4 is 30.2 Å². The zero-order valence-corrected chi connectivity index (χ0v) is 25.5. The maximum Gasteiger partial charge on any atom is 0.335 e. The number of aromatic carboxylic acids is 1. The number of hydrogen-bond acceptors (Lipinski definition) is 4. The van der Waals surface area contributed by atoms with Crippen molar-refractivity contribution in [1.29, 1.82) is 0 Å². The first-order valence-electron chi connectivity index (χ1n) is 12.8. The van der Waals surface area contributed by atoms with Gasteiger partial charge in [-0.15, -0.1) is 0 Å². The van der Waals surface area contributed by atoms with E-state index in [1.807, 2.05) is 59.0 Å². The highest BCUT2D eigenvalue weighted by Gasteiger charge is 2.30. The van der Waals surface area contributed by atoms with Gasteiger partial charge in [0.2, 0.25) is 0 Å². The molecule has 8 heteroatoms. The predicted octanol–water partition coefficient (Wildman–Crippen LogP) is 7.45. The van der Waals surface area contributed by atoms with Crippen molar-refractivity contribution in [2.45, 2.75) is 66.0 Å². The van der Waals surface area contributed by atoms with Gasteiger partial charge in [-0.25, -0.2) is 14.2 Å². The van der Waals surface area contributed by atoms with Gasteiger partial charge in [0.15, 0.2) is 0 Å². The maximum absolute atomic E-state index is 14.6. The number of rotatable bonds is 4. The number of carbonyl (C=O) groups is 1. The van der Waals surface area contributed by atoms with Gasteiger partial charge in [-0.2, -0.15) is 0 Å². The van der Waals surface area contributed by atoms with Crippen LogP contribution < -0.4 is 5.32 Å². The Balaban J connectivity index is 0.000000475. The van der Waals surface area contributed by atoms with Gasteiger partial charge in [-0.1, -0.05) is 70.1 Å². The molecule has 2 aliphatic heterocycles. The van der Waals surface area contributed by atoms with Gasteiger partial charge in [-0.05, 0) is 62.8 Å². The molecule has 2 N–H and O–H groups in total. The highest BCUT2D eigenvalue weighted by molar-refractivity contribution is 7.39. The summed E-state index contributed by atoms with van der Waals surface area (Å²) in [5.74, 6) is -0.282. The largest absolute Gasteiger partial charge is 0.478 e. The van der Waals surface area contributed by atoms with E-state index in [1.165, 1.54) is 19.3 Å². The first kappa shape index (κ1) is 32.7. The summed E-state index contributed by atoms with van der Waals surface area (Å²) < 4.78 is 14.6. The Labute approximate surface area is 227 Å². The zero-order valence-electron chi connectivity index (χ0n) is 23.1. The second-order valence-corrected chi connectivity index (χ2v) is 11.5. The average Bonchev–Trinajstić information content (AvgIpc) is 2.86. The lowest BCUT2D eigenvalue weighted by atomic mass is 9.95. The Hall–Kier alpha value is -2.29. The SMILES string of the molecule is C=C1/C=C(/N2CCCCC2)N=C(C)/C(C(C)C(F)(P)P)=C\C(C)=C/N1.CC.Cc1ccccc1C(=O)O. The highest BCUT2D eigenvalue weighted by Crippen LogP contribution is 2.41. The summed E-state index contributed by atoms with van der Waals surface area (Å²) in [4.78, 5) is 17.6. The van der Waals surface area contributed by atoms with Crippen LogP contribution in [0.5, 0.6) is 0 Å². The van der Waals surface area contributed by atoms with Crippen LogP contribution in [0.25, 0.3) is 0 Å². The van der Waals surface area contributed by atoms with E-state index in [9.17, 15) is 9.18 Å². The number of likely N-dealkylation sites (tertiary alicyclic amines) is 1. The fourth-order valence-electron chi connectivity index (χ4n) is 3.84. The van der Waals surface area contributed by atoms with Gasteiger partial charge in [0.1, 0.15) is 11.0 Å². The van der Waals surface area contributed by atoms with Crippen molar-refractivity contribution in [3.8, 4) is 0 Å². The van der Waals surface area contributed by atoms with Gasteiger partial charge in [0, 0.05) is 42.7 Å². The third-order valence-corrected chi connectivity index (χ3v) is 7.06. The molecule has 1 fully saturated rings. The van der Waals surface area contributed by atoms with Crippen LogP contribution in [0.1, 0.15) is 69.8 Å². The molecular formula is C29H44FN3O2P2. The van der Waals surface area contributed by atoms with Crippen molar-refractivity contribution < 1.29 is 14.3 Å². The molecule has 1 aromatic rings. The minimum Gasteiger partial charge on any atom is -0.478 e. The van der Waals surface area contributed by atoms with Crippen molar-refractivity contribution in [2.75, 3.05) is 13.1 Å². The van der Waals surface area contributed by atoms with E-state index in [2.05, 4.69) is 35.3 Å². The Bertz CT molecular complexity index is 1050. The van der Waals surface area contributed by atoms with Gasteiger partial charge in [-0.3, -0.25) is 0 Å². The minimum absolute atomic E-state index is 0.320. The Kier molecular flexibility index (Phi) is 14.0. The summed E-state index contributed by atoms with van der Waals surface area (Å²) in [7, 11) is 4.56. The van der Waals surface area contributed by atoms with Crippen LogP contribution in [0, 0.1) is 12.8 Å². The molecule has 3 rings (SSSR count). The van der Waals surface area contributed by atoms with Crippen LogP contribution in [0.3, 0.4) is 0 Å². The third-order valence-electron chi connectivity index (χ3n) is 6.06. The number of alkyl halides is 1. The molecular weight excluding hydrogens is 503 g/mol. The number of nitrogens with zero attached hydrogens (tertiary/aromatic N) is 2. The number of benzene rings is 1. The molecule has 5 nitrogen and oxygen atoms in total. The predicted molar refractivity (Wildman–Crippen MR) is 163 cm³/mol. The molecule has 1 saturated heterocycles. The normalized spacial score (nSPS) is 21.4. The van der Waals surface area contributed by atoms with Gasteiger partial charge < -0.3 is 15.3 Å². The molecule has 0 aliphatic carbocycles. The molecule has 3 unspecified atom stereocenters. The Morgan fingerprint density at radius 2 is 1.73 bits per heavy atom. The van der Waals surface area contributed by atoms with Crippen LogP contribution in [-0.2, 0) is 0 Å². The van der Waals surface area contributed by atoms with Crippen LogP contribution in [-0.4, -0.2) is 39.9 Å². The lowest BCUT2D eigenvalue weighted by Gasteiger charge is -2.31. The smallest absolute Gasteiger partial charge is 0.335 e. The van der Waals surface area contributed by atoms with Gasteiger partial charge >= 0.3 is 5.97 Å². The lowest BCUT2D eigenvalue weighted by Crippen LogP contribution is -2.30. The number of halogens is 1. The van der Waals surface area contributed by atoms with Crippen LogP contribution in [0.2, 0.25) is 0 Å². The molecule has 2 aliphatic rings. The minimum atomic E-state index is -1.47. The van der Waals surface area contributed by atoms with E-state index in [4.69, 9.17) is 10.1 Å². The first-order valence-corrected chi connectivity index (χ1v) is 14.0. The van der Waals surface area contributed by atoms with Crippen molar-refractivity contribution in [1.82, 2.24) is 10.2 Å². The number of piperidine rings is 1. The highest BCUT2D eigenvalue weighted by atomic mass is 31.1. The number of carboxylic acid groups (broad SMARTS) is 1. The van der Waals surface area contributed by atoms with Gasteiger partial charge in [0.25, 0.3) is 0 Å². The number of aliphatic imine (C=N–C) groups is 1. The molecule has 0 radical (unpaired) electrons. The second-order valence-electron chi connectivity index (χ2n) is 9.07. The molecule has 1 aromatic carbocycles. The van der Waals surface area contributed by atoms with E-state index in [0.29, 0.717) is 5.56 Å². The Morgan fingerprint density at radius 1 is 1.14 bits per heavy atom. The second kappa shape index (κ2) is 15.8. The van der Waals surface area contributed by atoms with Crippen LogP contribution in [0.4, 0.5) is 4.39 Å². The fraction of sp³-hybridized carbons (Fsp3) is 0.448. The molecule has 0 amide bonds. The maximum atomic E-state index is 14.6. The molecule has 0 bridgehead atoms. The standard InChI is InChI=1S/C19H30FN3P2.C8H8O2.C2H6/c1-13-10-17(15(3)19(20,24)25)16(4)22-18(11-14(2)21-12-13)23-8-6-5-7-9-23;1-6-4-2-3-5-7(6)8(9)10;1-2/h10-12,15,21H,2,5-9,24-25H2,1,3-4H3;2-5H,1H3,(H,9,10);1-2H3/b13-12-,17-10-,18-11+,22-16?;;. The first-order chi connectivity index (χ1) is 17.4. The number of aryl methyl sites for hydroxylation is 1. The monoisotopic (exact) mass is 547 g/mol. The van der Waals surface area contributed by atoms with Crippen molar-refractivity contribution in [3.63, 3.8) is 0 Å². The van der Waals surface area contributed by atoms with E-state index >= 15 is 0 Å². The molecule has 3 atom stereocenters. The van der Waals surface area contributed by atoms with E-state index < -0.39 is 11.1 Å². The van der Waals surface area contributed by atoms with E-state index in [0.717, 1.165) is 47.0 Å². The van der Waals surface area contributed by atoms with Crippen molar-refractivity contribution in [2.24, 2.45) is 10.9 Å². The summed E-state index contributed by atoms with van der Waals surface area (Å²) in [6, 6.07) is 6.92. The molecule has 204 valence electrons. The zero-order chi connectivity index (χ0) is 28.2. The quantitative estimate of drug-likeness (QED) is 0.384. The van der Waals surface area contributed by atoms with E-state index in [1.54, 1.807) is 25.1 Å².